The molecule has 0 aliphatic heterocycles. The lowest BCUT2D eigenvalue weighted by molar-refractivity contribution is 0.445. The Morgan fingerprint density at radius 1 is 0.887 bits per heavy atom. The molecule has 2 atom stereocenters. The summed E-state index contributed by atoms with van der Waals surface area (Å²) in [6.45, 7) is 20.7. The second-order valence-corrected chi connectivity index (χ2v) is 17.0. The number of aryl methyl sites for hydroxylation is 2. The summed E-state index contributed by atoms with van der Waals surface area (Å²) >= 11 is 0. The van der Waals surface area contributed by atoms with Gasteiger partial charge in [-0.2, -0.15) is 5.10 Å². The molecule has 0 N–H and O–H groups in total. The van der Waals surface area contributed by atoms with Crippen LogP contribution in [0.5, 0.6) is 11.5 Å². The summed E-state index contributed by atoms with van der Waals surface area (Å²) in [6, 6.07) is 26.2. The van der Waals surface area contributed by atoms with Crippen molar-refractivity contribution in [2.75, 3.05) is 0 Å². The molecule has 3 aromatic heterocycles. The fourth-order valence-electron chi connectivity index (χ4n) is 8.41. The van der Waals surface area contributed by atoms with Gasteiger partial charge in [0.2, 0.25) is 0 Å². The number of hydrogen-bond acceptors (Lipinski definition) is 3. The van der Waals surface area contributed by atoms with Crippen molar-refractivity contribution in [1.29, 1.82) is 0 Å². The van der Waals surface area contributed by atoms with Gasteiger partial charge in [-0.1, -0.05) is 84.7 Å². The van der Waals surface area contributed by atoms with E-state index >= 15 is 0 Å². The predicted molar refractivity (Wildman–Crippen MR) is 222 cm³/mol. The van der Waals surface area contributed by atoms with Gasteiger partial charge in [-0.05, 0) is 123 Å². The monoisotopic (exact) mass is 706 g/mol. The van der Waals surface area contributed by atoms with Gasteiger partial charge in [-0.25, -0.2) is 9.67 Å². The first-order valence-electron chi connectivity index (χ1n) is 20.0. The van der Waals surface area contributed by atoms with E-state index in [1.807, 2.05) is 6.20 Å². The SMILES string of the molecule is CCCCc1ccnc(-n2c3ccccc3c3ccc(Oc4cc(-n5nc(C)c(C6C(C)=CCC[C@@H]6C)c5CCC(C)C)cc(C(C)(C)C)c4)cc32)c1. The Hall–Kier alpha value is -4.64. The number of ether oxygens (including phenoxy) is 1. The van der Waals surface area contributed by atoms with Crippen molar-refractivity contribution in [3.8, 4) is 23.0 Å². The van der Waals surface area contributed by atoms with Crippen molar-refractivity contribution >= 4 is 21.8 Å². The molecule has 6 aromatic rings. The number of rotatable bonds is 11. The standard InChI is InChI=1S/C48H58N4O/c1-10-11-17-35-24-25-49-45(26-35)51-42-19-13-12-18-40(42)41-22-21-38(30-44(41)51)53-39-28-36(48(7,8)9)27-37(29-39)52-43(23-20-31(2)3)47(34(6)50-52)46-32(4)15-14-16-33(46)5/h12-13,15,18-19,21-22,24-31,33,46H,10-11,14,16-17,20,23H2,1-9H3/t33-,46?/m0/s1. The fraction of sp³-hybridized carbons (Fsp3) is 0.417. The van der Waals surface area contributed by atoms with E-state index in [9.17, 15) is 0 Å². The van der Waals surface area contributed by atoms with Crippen LogP contribution < -0.4 is 4.74 Å². The highest BCUT2D eigenvalue weighted by molar-refractivity contribution is 6.09. The molecule has 1 aliphatic rings. The fourth-order valence-corrected chi connectivity index (χ4v) is 8.41. The number of nitrogens with zero attached hydrogens (tertiary/aromatic N) is 4. The average molecular weight is 707 g/mol. The minimum absolute atomic E-state index is 0.0840. The van der Waals surface area contributed by atoms with E-state index in [1.165, 1.54) is 64.4 Å². The van der Waals surface area contributed by atoms with Crippen LogP contribution in [0.4, 0.5) is 0 Å². The lowest BCUT2D eigenvalue weighted by atomic mass is 9.75. The molecule has 3 heterocycles. The Bertz CT molecular complexity index is 2280. The minimum Gasteiger partial charge on any atom is -0.457 e. The highest BCUT2D eigenvalue weighted by atomic mass is 16.5. The zero-order valence-corrected chi connectivity index (χ0v) is 33.5. The van der Waals surface area contributed by atoms with Gasteiger partial charge in [-0.15, -0.1) is 0 Å². The van der Waals surface area contributed by atoms with Crippen molar-refractivity contribution in [1.82, 2.24) is 19.3 Å². The molecule has 53 heavy (non-hydrogen) atoms. The molecule has 0 bridgehead atoms. The number of para-hydroxylation sites is 1. The van der Waals surface area contributed by atoms with Gasteiger partial charge in [0.05, 0.1) is 22.4 Å². The maximum absolute atomic E-state index is 6.89. The Labute approximate surface area is 317 Å². The molecule has 0 amide bonds. The van der Waals surface area contributed by atoms with E-state index in [-0.39, 0.29) is 5.41 Å². The number of aromatic nitrogens is 4. The number of hydrogen-bond donors (Lipinski definition) is 0. The Kier molecular flexibility index (Phi) is 10.4. The summed E-state index contributed by atoms with van der Waals surface area (Å²) in [5.41, 5.74) is 11.2. The van der Waals surface area contributed by atoms with Gasteiger partial charge in [0.25, 0.3) is 0 Å². The van der Waals surface area contributed by atoms with Crippen LogP contribution in [-0.2, 0) is 18.3 Å². The largest absolute Gasteiger partial charge is 0.457 e. The summed E-state index contributed by atoms with van der Waals surface area (Å²) in [5, 5.41) is 7.73. The van der Waals surface area contributed by atoms with Crippen LogP contribution in [0.2, 0.25) is 0 Å². The number of fused-ring (bicyclic) bond motifs is 3. The third-order valence-corrected chi connectivity index (χ3v) is 11.4. The smallest absolute Gasteiger partial charge is 0.137 e. The third-order valence-electron chi connectivity index (χ3n) is 11.4. The molecule has 0 saturated carbocycles. The summed E-state index contributed by atoms with van der Waals surface area (Å²) in [4.78, 5) is 4.88. The molecular weight excluding hydrogens is 649 g/mol. The normalized spacial score (nSPS) is 16.5. The van der Waals surface area contributed by atoms with Crippen LogP contribution in [0.25, 0.3) is 33.3 Å². The molecule has 276 valence electrons. The molecule has 0 fully saturated rings. The average Bonchev–Trinajstić information content (AvgIpc) is 3.63. The first-order chi connectivity index (χ1) is 25.4. The highest BCUT2D eigenvalue weighted by Crippen LogP contribution is 2.43. The number of benzene rings is 3. The second-order valence-electron chi connectivity index (χ2n) is 17.0. The van der Waals surface area contributed by atoms with Gasteiger partial charge < -0.3 is 4.74 Å². The molecule has 7 rings (SSSR count). The molecule has 3 aromatic carbocycles. The van der Waals surface area contributed by atoms with Crippen molar-refractivity contribution in [2.24, 2.45) is 11.8 Å². The van der Waals surface area contributed by atoms with Crippen molar-refractivity contribution < 1.29 is 4.74 Å². The first kappa shape index (κ1) is 36.7. The van der Waals surface area contributed by atoms with Crippen molar-refractivity contribution in [3.05, 3.63) is 119 Å². The lowest BCUT2D eigenvalue weighted by Gasteiger charge is -2.30. The van der Waals surface area contributed by atoms with Crippen LogP contribution in [0.3, 0.4) is 0 Å². The molecular formula is C48H58N4O. The first-order valence-corrected chi connectivity index (χ1v) is 20.0. The molecule has 1 unspecified atom stereocenters. The van der Waals surface area contributed by atoms with E-state index in [2.05, 4.69) is 150 Å². The maximum Gasteiger partial charge on any atom is 0.137 e. The quantitative estimate of drug-likeness (QED) is 0.126. The summed E-state index contributed by atoms with van der Waals surface area (Å²) in [5.74, 6) is 4.16. The maximum atomic E-state index is 6.89. The second kappa shape index (κ2) is 15.0. The number of unbranched alkanes of at least 4 members (excludes halogenated alkanes) is 1. The van der Waals surface area contributed by atoms with Gasteiger partial charge in [0.1, 0.15) is 17.3 Å². The predicted octanol–water partition coefficient (Wildman–Crippen LogP) is 13.2. The van der Waals surface area contributed by atoms with Gasteiger partial charge in [0, 0.05) is 46.3 Å². The van der Waals surface area contributed by atoms with Crippen LogP contribution >= 0.6 is 0 Å². The van der Waals surface area contributed by atoms with E-state index in [0.29, 0.717) is 17.8 Å². The number of allylic oxidation sites excluding steroid dienone is 2. The number of pyridine rings is 1. The zero-order valence-electron chi connectivity index (χ0n) is 33.5. The van der Waals surface area contributed by atoms with Crippen molar-refractivity contribution in [3.63, 3.8) is 0 Å². The molecule has 0 saturated heterocycles. The molecule has 0 radical (unpaired) electrons. The Balaban J connectivity index is 1.35. The highest BCUT2D eigenvalue weighted by Gasteiger charge is 2.31. The molecule has 1 aliphatic carbocycles. The van der Waals surface area contributed by atoms with E-state index in [4.69, 9.17) is 14.8 Å². The topological polar surface area (TPSA) is 44.9 Å². The lowest BCUT2D eigenvalue weighted by Crippen LogP contribution is -2.18. The van der Waals surface area contributed by atoms with Crippen molar-refractivity contribution in [2.45, 2.75) is 119 Å². The third kappa shape index (κ3) is 7.45. The van der Waals surface area contributed by atoms with Gasteiger partial charge in [-0.3, -0.25) is 4.57 Å². The van der Waals surface area contributed by atoms with E-state index < -0.39 is 0 Å². The Morgan fingerprint density at radius 2 is 1.68 bits per heavy atom. The van der Waals surface area contributed by atoms with Crippen LogP contribution in [0.15, 0.2) is 90.6 Å². The molecule has 5 nitrogen and oxygen atoms in total. The van der Waals surface area contributed by atoms with Crippen LogP contribution in [0, 0.1) is 18.8 Å². The van der Waals surface area contributed by atoms with E-state index in [1.54, 1.807) is 0 Å². The Morgan fingerprint density at radius 3 is 2.43 bits per heavy atom. The zero-order chi connectivity index (χ0) is 37.4. The summed E-state index contributed by atoms with van der Waals surface area (Å²) < 4.78 is 11.4. The van der Waals surface area contributed by atoms with Crippen LogP contribution in [-0.4, -0.2) is 19.3 Å². The van der Waals surface area contributed by atoms with E-state index in [0.717, 1.165) is 59.0 Å². The summed E-state index contributed by atoms with van der Waals surface area (Å²) in [6.07, 6.45) is 12.3. The molecule has 5 heteroatoms. The summed E-state index contributed by atoms with van der Waals surface area (Å²) in [7, 11) is 0. The van der Waals surface area contributed by atoms with Gasteiger partial charge in [0.15, 0.2) is 0 Å². The minimum atomic E-state index is -0.0840. The molecule has 0 spiro atoms. The van der Waals surface area contributed by atoms with Crippen LogP contribution in [0.1, 0.15) is 121 Å². The van der Waals surface area contributed by atoms with Gasteiger partial charge >= 0.3 is 0 Å².